The van der Waals surface area contributed by atoms with Crippen LogP contribution >= 0.6 is 0 Å². The summed E-state index contributed by atoms with van der Waals surface area (Å²) in [6.07, 6.45) is 2.05. The van der Waals surface area contributed by atoms with E-state index in [1.165, 1.54) is 0 Å². The van der Waals surface area contributed by atoms with E-state index in [4.69, 9.17) is 9.47 Å². The van der Waals surface area contributed by atoms with Crippen LogP contribution in [0.2, 0.25) is 0 Å². The van der Waals surface area contributed by atoms with Crippen molar-refractivity contribution < 1.29 is 19.1 Å². The van der Waals surface area contributed by atoms with Gasteiger partial charge in [0.2, 0.25) is 17.7 Å². The van der Waals surface area contributed by atoms with Crippen molar-refractivity contribution >= 4 is 11.6 Å². The molecule has 0 heterocycles. The van der Waals surface area contributed by atoms with E-state index in [9.17, 15) is 9.59 Å². The van der Waals surface area contributed by atoms with Gasteiger partial charge in [-0.3, -0.25) is 9.59 Å². The minimum absolute atomic E-state index is 0.343. The third-order valence-corrected chi connectivity index (χ3v) is 2.75. The zero-order valence-corrected chi connectivity index (χ0v) is 10.9. The van der Waals surface area contributed by atoms with Gasteiger partial charge in [-0.15, -0.1) is 0 Å². The Bertz CT molecular complexity index is 578. The van der Waals surface area contributed by atoms with Gasteiger partial charge in [-0.25, -0.2) is 0 Å². The summed E-state index contributed by atoms with van der Waals surface area (Å²) < 4.78 is 10.4. The lowest BCUT2D eigenvalue weighted by Crippen LogP contribution is -2.23. The summed E-state index contributed by atoms with van der Waals surface area (Å²) in [5.41, 5.74) is 0.721. The first-order valence-corrected chi connectivity index (χ1v) is 6.11. The standard InChI is InChI=1S/C15H14O4/c1-3-7-18-10-5-6-11-12(9-10)14(17)15(13(11)16)19-8-4-2/h5-6,9,15H,3,7H2,1-2H3. The minimum Gasteiger partial charge on any atom is -0.494 e. The van der Waals surface area contributed by atoms with Crippen LogP contribution in [0.4, 0.5) is 0 Å². The maximum Gasteiger partial charge on any atom is 0.235 e. The highest BCUT2D eigenvalue weighted by atomic mass is 16.5. The maximum atomic E-state index is 12.1. The van der Waals surface area contributed by atoms with Crippen LogP contribution in [-0.4, -0.2) is 24.3 Å². The molecule has 4 heteroatoms. The van der Waals surface area contributed by atoms with Crippen molar-refractivity contribution in [3.05, 3.63) is 29.3 Å². The van der Waals surface area contributed by atoms with Crippen molar-refractivity contribution in [1.29, 1.82) is 0 Å². The van der Waals surface area contributed by atoms with Crippen LogP contribution in [0.25, 0.3) is 0 Å². The number of benzene rings is 1. The van der Waals surface area contributed by atoms with Gasteiger partial charge in [0.05, 0.1) is 6.61 Å². The Balaban J connectivity index is 2.28. The Labute approximate surface area is 111 Å². The molecule has 0 aliphatic heterocycles. The fourth-order valence-electron chi connectivity index (χ4n) is 1.88. The average Bonchev–Trinajstić information content (AvgIpc) is 2.66. The summed E-state index contributed by atoms with van der Waals surface area (Å²) in [6, 6.07) is 4.88. The first-order valence-electron chi connectivity index (χ1n) is 6.11. The molecular weight excluding hydrogens is 244 g/mol. The molecule has 0 saturated carbocycles. The second kappa shape index (κ2) is 5.57. The van der Waals surface area contributed by atoms with Gasteiger partial charge < -0.3 is 9.47 Å². The van der Waals surface area contributed by atoms with Gasteiger partial charge in [-0.05, 0) is 24.6 Å². The lowest BCUT2D eigenvalue weighted by atomic mass is 10.1. The smallest absolute Gasteiger partial charge is 0.235 e. The number of carbonyl (C=O) groups excluding carboxylic acids is 2. The molecule has 0 saturated heterocycles. The highest BCUT2D eigenvalue weighted by Crippen LogP contribution is 2.28. The topological polar surface area (TPSA) is 52.6 Å². The molecule has 0 amide bonds. The van der Waals surface area contributed by atoms with Crippen LogP contribution in [-0.2, 0) is 4.74 Å². The van der Waals surface area contributed by atoms with E-state index in [0.717, 1.165) is 6.42 Å². The molecule has 1 aromatic rings. The summed E-state index contributed by atoms with van der Waals surface area (Å²) in [7, 11) is 0. The van der Waals surface area contributed by atoms with Gasteiger partial charge in [0.25, 0.3) is 0 Å². The molecule has 1 atom stereocenters. The number of hydrogen-bond acceptors (Lipinski definition) is 4. The maximum absolute atomic E-state index is 12.1. The normalized spacial score (nSPS) is 16.6. The zero-order valence-electron chi connectivity index (χ0n) is 10.9. The number of ketones is 2. The van der Waals surface area contributed by atoms with Crippen molar-refractivity contribution in [3.63, 3.8) is 0 Å². The van der Waals surface area contributed by atoms with Crippen molar-refractivity contribution in [2.75, 3.05) is 6.61 Å². The predicted octanol–water partition coefficient (Wildman–Crippen LogP) is 2.22. The number of ether oxygens (including phenoxy) is 2. The van der Waals surface area contributed by atoms with Crippen molar-refractivity contribution in [2.24, 2.45) is 0 Å². The second-order valence-corrected chi connectivity index (χ2v) is 4.13. The predicted molar refractivity (Wildman–Crippen MR) is 69.2 cm³/mol. The van der Waals surface area contributed by atoms with Crippen molar-refractivity contribution in [1.82, 2.24) is 0 Å². The van der Waals surface area contributed by atoms with E-state index in [-0.39, 0.29) is 11.6 Å². The summed E-state index contributed by atoms with van der Waals surface area (Å²) in [4.78, 5) is 24.1. The van der Waals surface area contributed by atoms with E-state index in [2.05, 4.69) is 12.0 Å². The minimum atomic E-state index is -1.14. The molecular formula is C15H14O4. The molecule has 0 N–H and O–H groups in total. The lowest BCUT2D eigenvalue weighted by Gasteiger charge is -2.05. The van der Waals surface area contributed by atoms with Gasteiger partial charge in [0.15, 0.2) is 0 Å². The Kier molecular flexibility index (Phi) is 3.86. The second-order valence-electron chi connectivity index (χ2n) is 4.13. The van der Waals surface area contributed by atoms with E-state index in [1.807, 2.05) is 6.92 Å². The molecule has 19 heavy (non-hydrogen) atoms. The molecule has 0 spiro atoms. The molecule has 1 unspecified atom stereocenters. The Hall–Kier alpha value is -2.28. The molecule has 98 valence electrons. The summed E-state index contributed by atoms with van der Waals surface area (Å²) in [5.74, 6) is 2.39. The third kappa shape index (κ3) is 2.45. The molecule has 1 aliphatic rings. The van der Waals surface area contributed by atoms with Crippen LogP contribution in [0.15, 0.2) is 18.2 Å². The molecule has 0 fully saturated rings. The third-order valence-electron chi connectivity index (χ3n) is 2.75. The highest BCUT2D eigenvalue weighted by molar-refractivity contribution is 6.28. The molecule has 4 nitrogen and oxygen atoms in total. The number of hydrogen-bond donors (Lipinski definition) is 0. The average molecular weight is 258 g/mol. The van der Waals surface area contributed by atoms with E-state index in [0.29, 0.717) is 23.5 Å². The highest BCUT2D eigenvalue weighted by Gasteiger charge is 2.40. The molecule has 2 rings (SSSR count). The first-order chi connectivity index (χ1) is 9.19. The number of rotatable bonds is 4. The fraction of sp³-hybridized carbons (Fsp3) is 0.333. The summed E-state index contributed by atoms with van der Waals surface area (Å²) in [6.45, 7) is 4.14. The molecule has 1 aromatic carbocycles. The number of carbonyl (C=O) groups is 2. The Morgan fingerprint density at radius 2 is 1.95 bits per heavy atom. The largest absolute Gasteiger partial charge is 0.494 e. The SMILES string of the molecule is CC#COC1C(=O)c2ccc(OCCC)cc2C1=O. The van der Waals surface area contributed by atoms with Crippen LogP contribution in [0.3, 0.4) is 0 Å². The molecule has 0 radical (unpaired) electrons. The quantitative estimate of drug-likeness (QED) is 0.614. The van der Waals surface area contributed by atoms with Gasteiger partial charge in [0, 0.05) is 18.1 Å². The monoisotopic (exact) mass is 258 g/mol. The number of Topliss-reactive ketones (excluding diaryl/α,β-unsaturated/α-hetero) is 2. The van der Waals surface area contributed by atoms with E-state index in [1.54, 1.807) is 25.1 Å². The Morgan fingerprint density at radius 3 is 2.63 bits per heavy atom. The van der Waals surface area contributed by atoms with Crippen LogP contribution in [0.1, 0.15) is 41.0 Å². The van der Waals surface area contributed by atoms with Crippen molar-refractivity contribution in [3.8, 4) is 17.8 Å². The van der Waals surface area contributed by atoms with Gasteiger partial charge in [-0.2, -0.15) is 0 Å². The zero-order chi connectivity index (χ0) is 13.8. The van der Waals surface area contributed by atoms with Crippen LogP contribution in [0, 0.1) is 12.0 Å². The van der Waals surface area contributed by atoms with Gasteiger partial charge in [-0.1, -0.05) is 12.8 Å². The molecule has 0 bridgehead atoms. The fourth-order valence-corrected chi connectivity index (χ4v) is 1.88. The lowest BCUT2D eigenvalue weighted by molar-refractivity contribution is 0.0659. The van der Waals surface area contributed by atoms with Crippen LogP contribution in [0.5, 0.6) is 5.75 Å². The first kappa shape index (κ1) is 13.2. The van der Waals surface area contributed by atoms with E-state index < -0.39 is 6.10 Å². The van der Waals surface area contributed by atoms with Crippen LogP contribution < -0.4 is 4.74 Å². The summed E-state index contributed by atoms with van der Waals surface area (Å²) >= 11 is 0. The van der Waals surface area contributed by atoms with Crippen molar-refractivity contribution in [2.45, 2.75) is 26.4 Å². The van der Waals surface area contributed by atoms with Gasteiger partial charge in [0.1, 0.15) is 11.9 Å². The molecule has 0 aromatic heterocycles. The number of fused-ring (bicyclic) bond motifs is 1. The molecule has 1 aliphatic carbocycles. The van der Waals surface area contributed by atoms with E-state index >= 15 is 0 Å². The van der Waals surface area contributed by atoms with Gasteiger partial charge >= 0.3 is 0 Å². The summed E-state index contributed by atoms with van der Waals surface area (Å²) in [5, 5.41) is 0. The Morgan fingerprint density at radius 1 is 1.21 bits per heavy atom.